The Kier molecular flexibility index (Phi) is 3.45. The van der Waals surface area contributed by atoms with E-state index < -0.39 is 0 Å². The molecule has 1 aliphatic carbocycles. The maximum atomic E-state index is 3.48. The summed E-state index contributed by atoms with van der Waals surface area (Å²) in [6, 6.07) is 1.66. The van der Waals surface area contributed by atoms with Crippen molar-refractivity contribution in [2.24, 2.45) is 5.92 Å². The molecule has 0 bridgehead atoms. The monoisotopic (exact) mass is 196 g/mol. The molecule has 0 aromatic carbocycles. The first kappa shape index (κ1) is 10.4. The molecule has 1 saturated heterocycles. The Hall–Kier alpha value is -0.0800. The lowest BCUT2D eigenvalue weighted by Crippen LogP contribution is -2.44. The minimum Gasteiger partial charge on any atom is -0.315 e. The standard InChI is InChI=1S/C12H24N2/c1-3-8-14(10(2)11-4-5-11)12-6-7-13-9-12/h10-13H,3-9H2,1-2H3. The van der Waals surface area contributed by atoms with Crippen molar-refractivity contribution in [2.75, 3.05) is 19.6 Å². The second-order valence-corrected chi connectivity index (χ2v) is 4.96. The van der Waals surface area contributed by atoms with Crippen molar-refractivity contribution >= 4 is 0 Å². The normalized spacial score (nSPS) is 29.8. The van der Waals surface area contributed by atoms with Crippen LogP contribution in [0.25, 0.3) is 0 Å². The fourth-order valence-corrected chi connectivity index (χ4v) is 2.75. The van der Waals surface area contributed by atoms with E-state index in [0.29, 0.717) is 0 Å². The quantitative estimate of drug-likeness (QED) is 0.722. The summed E-state index contributed by atoms with van der Waals surface area (Å²) in [5, 5.41) is 3.48. The van der Waals surface area contributed by atoms with E-state index >= 15 is 0 Å². The van der Waals surface area contributed by atoms with Crippen LogP contribution < -0.4 is 5.32 Å². The third-order valence-electron chi connectivity index (χ3n) is 3.81. The van der Waals surface area contributed by atoms with Crippen LogP contribution >= 0.6 is 0 Å². The largest absolute Gasteiger partial charge is 0.315 e. The molecule has 2 nitrogen and oxygen atoms in total. The summed E-state index contributed by atoms with van der Waals surface area (Å²) in [5.74, 6) is 1.02. The van der Waals surface area contributed by atoms with Gasteiger partial charge in [-0.3, -0.25) is 4.90 Å². The van der Waals surface area contributed by atoms with Crippen molar-refractivity contribution in [2.45, 2.75) is 51.6 Å². The number of hydrogen-bond donors (Lipinski definition) is 1. The number of hydrogen-bond acceptors (Lipinski definition) is 2. The summed E-state index contributed by atoms with van der Waals surface area (Å²) in [5.41, 5.74) is 0. The Morgan fingerprint density at radius 1 is 1.36 bits per heavy atom. The van der Waals surface area contributed by atoms with Crippen LogP contribution in [-0.2, 0) is 0 Å². The van der Waals surface area contributed by atoms with Gasteiger partial charge in [0.25, 0.3) is 0 Å². The van der Waals surface area contributed by atoms with Gasteiger partial charge in [-0.05, 0) is 51.6 Å². The Labute approximate surface area is 88.1 Å². The fraction of sp³-hybridized carbons (Fsp3) is 1.00. The van der Waals surface area contributed by atoms with Gasteiger partial charge in [0.1, 0.15) is 0 Å². The Morgan fingerprint density at radius 2 is 2.14 bits per heavy atom. The minimum absolute atomic E-state index is 0.825. The van der Waals surface area contributed by atoms with Crippen LogP contribution in [0.15, 0.2) is 0 Å². The Bertz CT molecular complexity index is 169. The Balaban J connectivity index is 1.90. The lowest BCUT2D eigenvalue weighted by atomic mass is 10.1. The molecule has 2 fully saturated rings. The van der Waals surface area contributed by atoms with E-state index in [1.807, 2.05) is 0 Å². The van der Waals surface area contributed by atoms with Gasteiger partial charge in [0, 0.05) is 18.6 Å². The van der Waals surface area contributed by atoms with Crippen molar-refractivity contribution in [3.8, 4) is 0 Å². The maximum absolute atomic E-state index is 3.48. The average Bonchev–Trinajstić information content (AvgIpc) is 2.91. The third kappa shape index (κ3) is 2.29. The zero-order valence-corrected chi connectivity index (χ0v) is 9.63. The van der Waals surface area contributed by atoms with E-state index in [0.717, 1.165) is 18.0 Å². The molecule has 0 aromatic heterocycles. The molecule has 0 radical (unpaired) electrons. The maximum Gasteiger partial charge on any atom is 0.0235 e. The van der Waals surface area contributed by atoms with Crippen molar-refractivity contribution in [1.29, 1.82) is 0 Å². The SMILES string of the molecule is CCCN(C1CCNC1)C(C)C1CC1. The molecule has 1 N–H and O–H groups in total. The highest BCUT2D eigenvalue weighted by Gasteiger charge is 2.35. The van der Waals surface area contributed by atoms with Crippen molar-refractivity contribution in [3.63, 3.8) is 0 Å². The van der Waals surface area contributed by atoms with Crippen molar-refractivity contribution in [3.05, 3.63) is 0 Å². The van der Waals surface area contributed by atoms with Crippen LogP contribution in [0, 0.1) is 5.92 Å². The van der Waals surface area contributed by atoms with E-state index in [4.69, 9.17) is 0 Å². The molecule has 1 heterocycles. The minimum atomic E-state index is 0.825. The van der Waals surface area contributed by atoms with Gasteiger partial charge in [-0.25, -0.2) is 0 Å². The molecule has 2 aliphatic rings. The smallest absolute Gasteiger partial charge is 0.0235 e. The molecule has 2 atom stereocenters. The third-order valence-corrected chi connectivity index (χ3v) is 3.81. The van der Waals surface area contributed by atoms with Crippen LogP contribution in [0.2, 0.25) is 0 Å². The highest BCUT2D eigenvalue weighted by Crippen LogP contribution is 2.36. The Morgan fingerprint density at radius 3 is 2.64 bits per heavy atom. The van der Waals surface area contributed by atoms with Crippen LogP contribution in [0.1, 0.15) is 39.5 Å². The molecule has 14 heavy (non-hydrogen) atoms. The average molecular weight is 196 g/mol. The van der Waals surface area contributed by atoms with Gasteiger partial charge >= 0.3 is 0 Å². The van der Waals surface area contributed by atoms with Crippen LogP contribution in [-0.4, -0.2) is 36.6 Å². The van der Waals surface area contributed by atoms with Crippen molar-refractivity contribution in [1.82, 2.24) is 10.2 Å². The molecule has 0 spiro atoms. The molecule has 2 rings (SSSR count). The lowest BCUT2D eigenvalue weighted by molar-refractivity contribution is 0.138. The van der Waals surface area contributed by atoms with E-state index in [-0.39, 0.29) is 0 Å². The molecule has 82 valence electrons. The molecule has 1 saturated carbocycles. The molecule has 1 aliphatic heterocycles. The first-order chi connectivity index (χ1) is 6.83. The molecular formula is C12H24N2. The summed E-state index contributed by atoms with van der Waals surface area (Å²) in [4.78, 5) is 2.76. The predicted molar refractivity (Wildman–Crippen MR) is 60.5 cm³/mol. The molecular weight excluding hydrogens is 172 g/mol. The van der Waals surface area contributed by atoms with Gasteiger partial charge in [0.15, 0.2) is 0 Å². The lowest BCUT2D eigenvalue weighted by Gasteiger charge is -2.34. The predicted octanol–water partition coefficient (Wildman–Crippen LogP) is 1.86. The fourth-order valence-electron chi connectivity index (χ4n) is 2.75. The van der Waals surface area contributed by atoms with Gasteiger partial charge in [-0.2, -0.15) is 0 Å². The number of rotatable bonds is 5. The van der Waals surface area contributed by atoms with Crippen LogP contribution in [0.4, 0.5) is 0 Å². The summed E-state index contributed by atoms with van der Waals surface area (Å²) < 4.78 is 0. The summed E-state index contributed by atoms with van der Waals surface area (Å²) in [6.45, 7) is 8.48. The second-order valence-electron chi connectivity index (χ2n) is 4.96. The zero-order chi connectivity index (χ0) is 9.97. The van der Waals surface area contributed by atoms with E-state index in [1.54, 1.807) is 0 Å². The van der Waals surface area contributed by atoms with Crippen LogP contribution in [0.3, 0.4) is 0 Å². The topological polar surface area (TPSA) is 15.3 Å². The van der Waals surface area contributed by atoms with E-state index in [1.165, 1.54) is 45.3 Å². The first-order valence-electron chi connectivity index (χ1n) is 6.29. The number of nitrogens with zero attached hydrogens (tertiary/aromatic N) is 1. The first-order valence-corrected chi connectivity index (χ1v) is 6.29. The summed E-state index contributed by atoms with van der Waals surface area (Å²) in [7, 11) is 0. The number of nitrogens with one attached hydrogen (secondary N) is 1. The van der Waals surface area contributed by atoms with Gasteiger partial charge < -0.3 is 5.32 Å². The highest BCUT2D eigenvalue weighted by atomic mass is 15.2. The molecule has 0 amide bonds. The van der Waals surface area contributed by atoms with E-state index in [2.05, 4.69) is 24.1 Å². The summed E-state index contributed by atoms with van der Waals surface area (Å²) in [6.07, 6.45) is 5.60. The van der Waals surface area contributed by atoms with Gasteiger partial charge in [0.2, 0.25) is 0 Å². The molecule has 0 aromatic rings. The second kappa shape index (κ2) is 4.63. The summed E-state index contributed by atoms with van der Waals surface area (Å²) >= 11 is 0. The van der Waals surface area contributed by atoms with Gasteiger partial charge in [-0.15, -0.1) is 0 Å². The highest BCUT2D eigenvalue weighted by molar-refractivity contribution is 4.90. The van der Waals surface area contributed by atoms with E-state index in [9.17, 15) is 0 Å². The van der Waals surface area contributed by atoms with Gasteiger partial charge in [-0.1, -0.05) is 6.92 Å². The van der Waals surface area contributed by atoms with Crippen molar-refractivity contribution < 1.29 is 0 Å². The zero-order valence-electron chi connectivity index (χ0n) is 9.63. The molecule has 2 unspecified atom stereocenters. The van der Waals surface area contributed by atoms with Crippen LogP contribution in [0.5, 0.6) is 0 Å². The molecule has 2 heteroatoms. The van der Waals surface area contributed by atoms with Gasteiger partial charge in [0.05, 0.1) is 0 Å².